The van der Waals surface area contributed by atoms with Gasteiger partial charge in [-0.15, -0.1) is 0 Å². The van der Waals surface area contributed by atoms with Crippen LogP contribution in [-0.2, 0) is 11.3 Å². The first kappa shape index (κ1) is 11.9. The van der Waals surface area contributed by atoms with Crippen molar-refractivity contribution >= 4 is 16.9 Å². The smallest absolute Gasteiger partial charge is 0.336 e. The second-order valence-electron chi connectivity index (χ2n) is 4.72. The van der Waals surface area contributed by atoms with Crippen LogP contribution in [0.2, 0.25) is 0 Å². The van der Waals surface area contributed by atoms with Gasteiger partial charge in [-0.1, -0.05) is 0 Å². The van der Waals surface area contributed by atoms with Crippen LogP contribution in [0.3, 0.4) is 0 Å². The molecular formula is C14H12FNO3. The van der Waals surface area contributed by atoms with Gasteiger partial charge in [-0.2, -0.15) is 0 Å². The van der Waals surface area contributed by atoms with Crippen LogP contribution in [-0.4, -0.2) is 5.91 Å². The van der Waals surface area contributed by atoms with Crippen molar-refractivity contribution in [2.75, 3.05) is 0 Å². The minimum Gasteiger partial charge on any atom is -0.423 e. The summed E-state index contributed by atoms with van der Waals surface area (Å²) in [4.78, 5) is 23.0. The Balaban J connectivity index is 1.94. The summed E-state index contributed by atoms with van der Waals surface area (Å²) in [6, 6.07) is 5.24. The highest BCUT2D eigenvalue weighted by atomic mass is 19.1. The molecule has 0 radical (unpaired) electrons. The number of hydrogen-bond acceptors (Lipinski definition) is 3. The second kappa shape index (κ2) is 4.50. The van der Waals surface area contributed by atoms with E-state index in [0.717, 1.165) is 12.8 Å². The van der Waals surface area contributed by atoms with Crippen LogP contribution < -0.4 is 10.9 Å². The Morgan fingerprint density at radius 1 is 1.37 bits per heavy atom. The predicted octanol–water partition coefficient (Wildman–Crippen LogP) is 1.96. The third-order valence-corrected chi connectivity index (χ3v) is 3.19. The molecule has 0 bridgehead atoms. The van der Waals surface area contributed by atoms with E-state index in [4.69, 9.17) is 4.42 Å². The third kappa shape index (κ3) is 2.50. The molecule has 1 aliphatic carbocycles. The monoisotopic (exact) mass is 261 g/mol. The summed E-state index contributed by atoms with van der Waals surface area (Å²) < 4.78 is 18.2. The van der Waals surface area contributed by atoms with Gasteiger partial charge < -0.3 is 9.73 Å². The van der Waals surface area contributed by atoms with Crippen molar-refractivity contribution < 1.29 is 13.6 Å². The summed E-state index contributed by atoms with van der Waals surface area (Å²) in [7, 11) is 0. The van der Waals surface area contributed by atoms with Gasteiger partial charge >= 0.3 is 5.63 Å². The molecular weight excluding hydrogens is 249 g/mol. The predicted molar refractivity (Wildman–Crippen MR) is 67.0 cm³/mol. The van der Waals surface area contributed by atoms with Crippen molar-refractivity contribution in [1.29, 1.82) is 0 Å². The van der Waals surface area contributed by atoms with Gasteiger partial charge in [0.25, 0.3) is 0 Å². The summed E-state index contributed by atoms with van der Waals surface area (Å²) in [6.07, 6.45) is 1.83. The zero-order valence-corrected chi connectivity index (χ0v) is 10.1. The normalized spacial score (nSPS) is 14.6. The summed E-state index contributed by atoms with van der Waals surface area (Å²) >= 11 is 0. The SMILES string of the molecule is O=C(NCc1cc(=O)oc2ccc(F)cc12)C1CC1. The molecule has 1 aliphatic rings. The molecule has 0 atom stereocenters. The van der Waals surface area contributed by atoms with Crippen molar-refractivity contribution in [2.45, 2.75) is 19.4 Å². The zero-order valence-electron chi connectivity index (χ0n) is 10.1. The number of fused-ring (bicyclic) bond motifs is 1. The van der Waals surface area contributed by atoms with Gasteiger partial charge in [0.1, 0.15) is 11.4 Å². The molecule has 2 aromatic rings. The van der Waals surface area contributed by atoms with Crippen LogP contribution >= 0.6 is 0 Å². The number of amides is 1. The summed E-state index contributed by atoms with van der Waals surface area (Å²) in [5, 5.41) is 3.27. The van der Waals surface area contributed by atoms with Gasteiger partial charge in [0.2, 0.25) is 5.91 Å². The Morgan fingerprint density at radius 2 is 2.16 bits per heavy atom. The third-order valence-electron chi connectivity index (χ3n) is 3.19. The number of carbonyl (C=O) groups excluding carboxylic acids is 1. The molecule has 5 heteroatoms. The van der Waals surface area contributed by atoms with E-state index in [0.29, 0.717) is 16.5 Å². The Hall–Kier alpha value is -2.17. The van der Waals surface area contributed by atoms with E-state index in [1.54, 1.807) is 0 Å². The fourth-order valence-corrected chi connectivity index (χ4v) is 2.02. The molecule has 4 nitrogen and oxygen atoms in total. The largest absolute Gasteiger partial charge is 0.423 e. The van der Waals surface area contributed by atoms with E-state index in [2.05, 4.69) is 5.32 Å². The molecule has 0 saturated heterocycles. The first-order chi connectivity index (χ1) is 9.13. The topological polar surface area (TPSA) is 59.3 Å². The molecule has 1 aromatic carbocycles. The minimum absolute atomic E-state index is 0.0159. The molecule has 1 N–H and O–H groups in total. The fraction of sp³-hybridized carbons (Fsp3) is 0.286. The number of hydrogen-bond donors (Lipinski definition) is 1. The van der Waals surface area contributed by atoms with Gasteiger partial charge in [-0.05, 0) is 36.6 Å². The quantitative estimate of drug-likeness (QED) is 0.859. The molecule has 3 rings (SSSR count). The lowest BCUT2D eigenvalue weighted by Gasteiger charge is -2.07. The Kier molecular flexibility index (Phi) is 2.81. The first-order valence-corrected chi connectivity index (χ1v) is 6.13. The number of halogens is 1. The van der Waals surface area contributed by atoms with Gasteiger partial charge in [-0.25, -0.2) is 9.18 Å². The van der Waals surface area contributed by atoms with E-state index >= 15 is 0 Å². The Labute approximate surface area is 108 Å². The van der Waals surface area contributed by atoms with Crippen LogP contribution in [0.5, 0.6) is 0 Å². The summed E-state index contributed by atoms with van der Waals surface area (Å²) in [6.45, 7) is 0.209. The van der Waals surface area contributed by atoms with Crippen molar-refractivity contribution in [3.63, 3.8) is 0 Å². The van der Waals surface area contributed by atoms with Gasteiger partial charge in [0, 0.05) is 23.9 Å². The Bertz CT molecular complexity index is 703. The highest BCUT2D eigenvalue weighted by Gasteiger charge is 2.29. The second-order valence-corrected chi connectivity index (χ2v) is 4.72. The molecule has 1 saturated carbocycles. The van der Waals surface area contributed by atoms with Crippen LogP contribution in [0.4, 0.5) is 4.39 Å². The molecule has 0 aliphatic heterocycles. The highest BCUT2D eigenvalue weighted by molar-refractivity contribution is 5.83. The van der Waals surface area contributed by atoms with Gasteiger partial charge in [0.05, 0.1) is 0 Å². The maximum absolute atomic E-state index is 13.2. The number of nitrogens with one attached hydrogen (secondary N) is 1. The minimum atomic E-state index is -0.505. The molecule has 1 amide bonds. The zero-order chi connectivity index (χ0) is 13.4. The molecule has 1 fully saturated rings. The average molecular weight is 261 g/mol. The lowest BCUT2D eigenvalue weighted by Crippen LogP contribution is -2.24. The molecule has 98 valence electrons. The van der Waals surface area contributed by atoms with E-state index < -0.39 is 11.4 Å². The van der Waals surface area contributed by atoms with Crippen molar-refractivity contribution in [2.24, 2.45) is 5.92 Å². The van der Waals surface area contributed by atoms with Crippen molar-refractivity contribution in [3.05, 3.63) is 46.1 Å². The summed E-state index contributed by atoms with van der Waals surface area (Å²) in [5.74, 6) is -0.322. The molecule has 19 heavy (non-hydrogen) atoms. The standard InChI is InChI=1S/C14H12FNO3/c15-10-3-4-12-11(6-10)9(5-13(17)19-12)7-16-14(18)8-1-2-8/h3-6,8H,1-2,7H2,(H,16,18). The van der Waals surface area contributed by atoms with E-state index in [9.17, 15) is 14.0 Å². The van der Waals surface area contributed by atoms with Gasteiger partial charge in [0.15, 0.2) is 0 Å². The summed E-state index contributed by atoms with van der Waals surface area (Å²) in [5.41, 5.74) is 0.388. The molecule has 0 unspecified atom stereocenters. The van der Waals surface area contributed by atoms with E-state index in [-0.39, 0.29) is 18.4 Å². The lowest BCUT2D eigenvalue weighted by atomic mass is 10.1. The molecule has 1 aromatic heterocycles. The highest BCUT2D eigenvalue weighted by Crippen LogP contribution is 2.29. The fourth-order valence-electron chi connectivity index (χ4n) is 2.02. The van der Waals surface area contributed by atoms with E-state index in [1.807, 2.05) is 0 Å². The lowest BCUT2D eigenvalue weighted by molar-refractivity contribution is -0.122. The first-order valence-electron chi connectivity index (χ1n) is 6.13. The van der Waals surface area contributed by atoms with Crippen molar-refractivity contribution in [1.82, 2.24) is 5.32 Å². The van der Waals surface area contributed by atoms with Crippen molar-refractivity contribution in [3.8, 4) is 0 Å². The van der Waals surface area contributed by atoms with Crippen LogP contribution in [0.1, 0.15) is 18.4 Å². The number of benzene rings is 1. The van der Waals surface area contributed by atoms with Crippen LogP contribution in [0, 0.1) is 11.7 Å². The maximum atomic E-state index is 13.2. The maximum Gasteiger partial charge on any atom is 0.336 e. The number of rotatable bonds is 3. The van der Waals surface area contributed by atoms with Gasteiger partial charge in [-0.3, -0.25) is 4.79 Å². The van der Waals surface area contributed by atoms with Crippen LogP contribution in [0.15, 0.2) is 33.5 Å². The molecule has 0 spiro atoms. The number of carbonyl (C=O) groups is 1. The molecule has 1 heterocycles. The van der Waals surface area contributed by atoms with E-state index in [1.165, 1.54) is 24.3 Å². The average Bonchev–Trinajstić information content (AvgIpc) is 3.20. The van der Waals surface area contributed by atoms with Crippen LogP contribution in [0.25, 0.3) is 11.0 Å². The Morgan fingerprint density at radius 3 is 2.89 bits per heavy atom.